The van der Waals surface area contributed by atoms with E-state index in [9.17, 15) is 18.0 Å². The van der Waals surface area contributed by atoms with Crippen LogP contribution in [0.5, 0.6) is 0 Å². The summed E-state index contributed by atoms with van der Waals surface area (Å²) in [5.74, 6) is 0.179. The largest absolute Gasteiger partial charge is 0.456 e. The Hall–Kier alpha value is -2.27. The topological polar surface area (TPSA) is 109 Å². The summed E-state index contributed by atoms with van der Waals surface area (Å²) in [5, 5.41) is 1.06. The van der Waals surface area contributed by atoms with Crippen LogP contribution in [0.25, 0.3) is 10.2 Å². The number of hydrogen-bond acceptors (Lipinski definition) is 7. The Bertz CT molecular complexity index is 1410. The fraction of sp³-hybridized carbons (Fsp3) is 0.435. The Morgan fingerprint density at radius 2 is 2.06 bits per heavy atom. The van der Waals surface area contributed by atoms with E-state index in [2.05, 4.69) is 16.9 Å². The third kappa shape index (κ3) is 4.28. The maximum Gasteiger partial charge on any atom is 0.324 e. The summed E-state index contributed by atoms with van der Waals surface area (Å²) >= 11 is 7.40. The summed E-state index contributed by atoms with van der Waals surface area (Å²) in [7, 11) is -3.87. The molecule has 1 saturated heterocycles. The number of aromatic nitrogens is 2. The van der Waals surface area contributed by atoms with Crippen LogP contribution in [-0.4, -0.2) is 41.2 Å². The molecule has 0 saturated carbocycles. The lowest BCUT2D eigenvalue weighted by atomic mass is 9.89. The number of benzene rings is 1. The van der Waals surface area contributed by atoms with Crippen molar-refractivity contribution in [3.63, 3.8) is 0 Å². The molecule has 2 aromatic heterocycles. The molecule has 1 aromatic carbocycles. The molecular weight excluding hydrogens is 498 g/mol. The van der Waals surface area contributed by atoms with Crippen molar-refractivity contribution in [3.8, 4) is 0 Å². The molecule has 3 heterocycles. The first-order valence-electron chi connectivity index (χ1n) is 11.2. The Kier molecular flexibility index (Phi) is 6.26. The molecule has 11 heteroatoms. The molecule has 8 nitrogen and oxygen atoms in total. The van der Waals surface area contributed by atoms with Gasteiger partial charge in [-0.15, -0.1) is 11.3 Å². The number of aromatic amines is 1. The highest BCUT2D eigenvalue weighted by Gasteiger charge is 2.40. The van der Waals surface area contributed by atoms with Gasteiger partial charge in [0.2, 0.25) is 10.0 Å². The van der Waals surface area contributed by atoms with Crippen molar-refractivity contribution < 1.29 is 17.9 Å². The van der Waals surface area contributed by atoms with E-state index in [-0.39, 0.29) is 29.4 Å². The lowest BCUT2D eigenvalue weighted by Gasteiger charge is -2.22. The van der Waals surface area contributed by atoms with Crippen molar-refractivity contribution in [2.45, 2.75) is 56.6 Å². The number of thiophene rings is 1. The number of ether oxygens (including phenoxy) is 1. The molecule has 2 unspecified atom stereocenters. The number of carbonyl (C=O) groups is 1. The van der Waals surface area contributed by atoms with E-state index in [1.165, 1.54) is 44.8 Å². The van der Waals surface area contributed by atoms with Crippen LogP contribution in [0.1, 0.15) is 42.5 Å². The van der Waals surface area contributed by atoms with E-state index < -0.39 is 22.0 Å². The zero-order valence-corrected chi connectivity index (χ0v) is 20.9. The number of esters is 1. The summed E-state index contributed by atoms with van der Waals surface area (Å²) < 4.78 is 32.7. The summed E-state index contributed by atoms with van der Waals surface area (Å²) in [6.45, 7) is 2.20. The van der Waals surface area contributed by atoms with Crippen LogP contribution >= 0.6 is 22.9 Å². The van der Waals surface area contributed by atoms with E-state index in [1.54, 1.807) is 0 Å². The van der Waals surface area contributed by atoms with E-state index in [4.69, 9.17) is 16.3 Å². The third-order valence-corrected chi connectivity index (χ3v) is 9.78. The predicted octanol–water partition coefficient (Wildman–Crippen LogP) is 3.66. The Balaban J connectivity index is 1.32. The highest BCUT2D eigenvalue weighted by Crippen LogP contribution is 2.35. The number of H-pyrrole nitrogens is 1. The Morgan fingerprint density at radius 3 is 2.82 bits per heavy atom. The van der Waals surface area contributed by atoms with Crippen molar-refractivity contribution in [3.05, 3.63) is 55.9 Å². The first-order chi connectivity index (χ1) is 16.2. The molecule has 1 aliphatic heterocycles. The molecule has 0 spiro atoms. The Morgan fingerprint density at radius 1 is 1.29 bits per heavy atom. The van der Waals surface area contributed by atoms with Crippen LogP contribution in [-0.2, 0) is 39.0 Å². The lowest BCUT2D eigenvalue weighted by molar-refractivity contribution is -0.149. The molecular formula is C23H24ClN3O5S2. The summed E-state index contributed by atoms with van der Waals surface area (Å²) in [6.07, 6.45) is 3.78. The molecule has 34 heavy (non-hydrogen) atoms. The van der Waals surface area contributed by atoms with Gasteiger partial charge in [-0.05, 0) is 67.9 Å². The van der Waals surface area contributed by atoms with Gasteiger partial charge in [0, 0.05) is 16.4 Å². The number of aryl methyl sites for hydroxylation is 1. The van der Waals surface area contributed by atoms with Gasteiger partial charge in [-0.3, -0.25) is 9.59 Å². The minimum atomic E-state index is -3.87. The van der Waals surface area contributed by atoms with Crippen LogP contribution in [0.2, 0.25) is 5.02 Å². The molecule has 5 rings (SSSR count). The van der Waals surface area contributed by atoms with E-state index >= 15 is 0 Å². The van der Waals surface area contributed by atoms with Gasteiger partial charge in [-0.25, -0.2) is 13.4 Å². The molecule has 3 aromatic rings. The first-order valence-corrected chi connectivity index (χ1v) is 13.8. The van der Waals surface area contributed by atoms with Gasteiger partial charge in [-0.2, -0.15) is 4.31 Å². The van der Waals surface area contributed by atoms with Crippen LogP contribution in [0.15, 0.2) is 34.0 Å². The maximum atomic E-state index is 13.1. The van der Waals surface area contributed by atoms with Gasteiger partial charge in [0.05, 0.1) is 10.3 Å². The van der Waals surface area contributed by atoms with E-state index in [0.717, 1.165) is 24.8 Å². The molecule has 2 atom stereocenters. The van der Waals surface area contributed by atoms with Crippen molar-refractivity contribution in [1.82, 2.24) is 14.3 Å². The normalized spacial score (nSPS) is 21.0. The Labute approximate surface area is 206 Å². The zero-order chi connectivity index (χ0) is 24.0. The molecule has 2 aliphatic rings. The number of halogens is 1. The van der Waals surface area contributed by atoms with Crippen molar-refractivity contribution >= 4 is 49.1 Å². The number of hydrogen-bond donors (Lipinski definition) is 1. The standard InChI is InChI=1S/C23H24ClN3O5S2/c1-13-4-9-16-18(11-13)33-22-20(16)21(28)25-19(26-22)12-32-23(29)17-3-2-10-27(17)34(30,31)15-7-5-14(24)6-8-15/h5-8,13,17H,2-4,9-12H2,1H3,(H,25,26,28). The minimum Gasteiger partial charge on any atom is -0.456 e. The summed E-state index contributed by atoms with van der Waals surface area (Å²) in [6, 6.07) is 4.91. The van der Waals surface area contributed by atoms with Gasteiger partial charge >= 0.3 is 5.97 Å². The van der Waals surface area contributed by atoms with Gasteiger partial charge in [0.25, 0.3) is 5.56 Å². The molecule has 1 fully saturated rings. The van der Waals surface area contributed by atoms with Gasteiger partial charge in [-0.1, -0.05) is 18.5 Å². The van der Waals surface area contributed by atoms with Crippen LogP contribution in [0.4, 0.5) is 0 Å². The van der Waals surface area contributed by atoms with Crippen molar-refractivity contribution in [2.75, 3.05) is 6.54 Å². The SMILES string of the molecule is CC1CCc2c(sc3nc(COC(=O)C4CCCN4S(=O)(=O)c4ccc(Cl)cc4)[nH]c(=O)c23)C1. The second-order valence-electron chi connectivity index (χ2n) is 8.88. The number of fused-ring (bicyclic) bond motifs is 3. The first kappa shape index (κ1) is 23.5. The van der Waals surface area contributed by atoms with E-state index in [1.807, 2.05) is 0 Å². The highest BCUT2D eigenvalue weighted by atomic mass is 35.5. The number of nitrogens with one attached hydrogen (secondary N) is 1. The van der Waals surface area contributed by atoms with Crippen LogP contribution < -0.4 is 5.56 Å². The zero-order valence-electron chi connectivity index (χ0n) is 18.5. The quantitative estimate of drug-likeness (QED) is 0.513. The van der Waals surface area contributed by atoms with Crippen LogP contribution in [0.3, 0.4) is 0 Å². The van der Waals surface area contributed by atoms with Crippen molar-refractivity contribution in [1.29, 1.82) is 0 Å². The molecule has 0 amide bonds. The molecule has 180 valence electrons. The lowest BCUT2D eigenvalue weighted by Crippen LogP contribution is -2.41. The number of sulfonamides is 1. The van der Waals surface area contributed by atoms with E-state index in [0.29, 0.717) is 34.0 Å². The second-order valence-corrected chi connectivity index (χ2v) is 12.3. The average Bonchev–Trinajstić information content (AvgIpc) is 3.43. The fourth-order valence-corrected chi connectivity index (χ4v) is 7.88. The van der Waals surface area contributed by atoms with Gasteiger partial charge in [0.15, 0.2) is 0 Å². The monoisotopic (exact) mass is 521 g/mol. The van der Waals surface area contributed by atoms with Crippen LogP contribution in [0, 0.1) is 5.92 Å². The second kappa shape index (κ2) is 9.07. The maximum absolute atomic E-state index is 13.1. The number of rotatable bonds is 5. The molecule has 1 aliphatic carbocycles. The average molecular weight is 522 g/mol. The number of carbonyl (C=O) groups excluding carboxylic acids is 1. The summed E-state index contributed by atoms with van der Waals surface area (Å²) in [4.78, 5) is 34.8. The molecule has 0 radical (unpaired) electrons. The molecule has 0 bridgehead atoms. The highest BCUT2D eigenvalue weighted by molar-refractivity contribution is 7.89. The fourth-order valence-electron chi connectivity index (χ4n) is 4.70. The minimum absolute atomic E-state index is 0.0732. The van der Waals surface area contributed by atoms with Gasteiger partial charge < -0.3 is 9.72 Å². The predicted molar refractivity (Wildman–Crippen MR) is 130 cm³/mol. The number of nitrogens with zero attached hydrogens (tertiary/aromatic N) is 2. The summed E-state index contributed by atoms with van der Waals surface area (Å²) in [5.41, 5.74) is 0.861. The third-order valence-electron chi connectivity index (χ3n) is 6.46. The smallest absolute Gasteiger partial charge is 0.324 e. The van der Waals surface area contributed by atoms with Crippen molar-refractivity contribution in [2.24, 2.45) is 5.92 Å². The molecule has 1 N–H and O–H groups in total. The van der Waals surface area contributed by atoms with Gasteiger partial charge in [0.1, 0.15) is 23.3 Å².